The van der Waals surface area contributed by atoms with Crippen molar-refractivity contribution in [3.05, 3.63) is 74.6 Å². The van der Waals surface area contributed by atoms with E-state index in [1.165, 1.54) is 19.2 Å². The molecule has 0 saturated heterocycles. The first-order chi connectivity index (χ1) is 14.4. The lowest BCUT2D eigenvalue weighted by molar-refractivity contribution is 0.0477. The number of carbonyl (C=O) groups is 2. The molecule has 154 valence electrons. The maximum absolute atomic E-state index is 13.3. The number of aromatic hydroxyl groups is 1. The molecule has 0 saturated carbocycles. The van der Waals surface area contributed by atoms with Gasteiger partial charge in [-0.1, -0.05) is 15.9 Å². The minimum absolute atomic E-state index is 0.0170. The topological polar surface area (TPSA) is 104 Å². The van der Waals surface area contributed by atoms with Gasteiger partial charge in [-0.05, 0) is 64.5 Å². The monoisotopic (exact) mass is 535 g/mol. The van der Waals surface area contributed by atoms with Gasteiger partial charge in [0.05, 0.1) is 12.7 Å². The van der Waals surface area contributed by atoms with Gasteiger partial charge in [0, 0.05) is 15.7 Å². The van der Waals surface area contributed by atoms with Crippen molar-refractivity contribution in [1.29, 1.82) is 0 Å². The Morgan fingerprint density at radius 2 is 2.00 bits per heavy atom. The highest BCUT2D eigenvalue weighted by atomic mass is 79.9. The molecule has 1 aliphatic heterocycles. The summed E-state index contributed by atoms with van der Waals surface area (Å²) >= 11 is 6.51. The molecule has 0 fully saturated rings. The molecule has 0 spiro atoms. The second-order valence-corrected chi connectivity index (χ2v) is 8.08. The number of methoxy groups -OCH3 is 1. The number of hydrogen-bond acceptors (Lipinski definition) is 6. The smallest absolute Gasteiger partial charge is 0.305 e. The molecule has 0 unspecified atom stereocenters. The first-order valence-electron chi connectivity index (χ1n) is 8.70. The van der Waals surface area contributed by atoms with Gasteiger partial charge in [0.2, 0.25) is 0 Å². The molecule has 1 atom stereocenters. The summed E-state index contributed by atoms with van der Waals surface area (Å²) in [6.07, 6.45) is -0.899. The number of hydrogen-bond donors (Lipinski definition) is 3. The molecule has 1 aliphatic rings. The predicted octanol–water partition coefficient (Wildman–Crippen LogP) is 4.43. The van der Waals surface area contributed by atoms with Gasteiger partial charge in [-0.15, -0.1) is 0 Å². The molecule has 1 aromatic heterocycles. The largest absolute Gasteiger partial charge is 0.508 e. The number of anilines is 1. The van der Waals surface area contributed by atoms with Crippen molar-refractivity contribution in [2.75, 3.05) is 12.4 Å². The van der Waals surface area contributed by atoms with Crippen LogP contribution in [0.2, 0.25) is 0 Å². The second-order valence-electron chi connectivity index (χ2n) is 6.38. The van der Waals surface area contributed by atoms with Gasteiger partial charge >= 0.3 is 5.91 Å². The highest BCUT2D eigenvalue weighted by Crippen LogP contribution is 2.38. The Hall–Kier alpha value is -2.98. The summed E-state index contributed by atoms with van der Waals surface area (Å²) < 4.78 is 11.6. The Kier molecular flexibility index (Phi) is 5.44. The lowest BCUT2D eigenvalue weighted by Crippen LogP contribution is -2.52. The van der Waals surface area contributed by atoms with Crippen molar-refractivity contribution < 1.29 is 23.8 Å². The average molecular weight is 537 g/mol. The van der Waals surface area contributed by atoms with Gasteiger partial charge in [0.15, 0.2) is 16.6 Å². The maximum Gasteiger partial charge on any atom is 0.305 e. The van der Waals surface area contributed by atoms with Crippen LogP contribution in [0.3, 0.4) is 0 Å². The van der Waals surface area contributed by atoms with Crippen LogP contribution in [0.1, 0.15) is 32.6 Å². The number of furan rings is 1. The molecule has 10 heteroatoms. The molecule has 2 amide bonds. The number of nitrogens with one attached hydrogen (secondary N) is 2. The third-order valence-corrected chi connectivity index (χ3v) is 5.45. The Morgan fingerprint density at radius 1 is 1.20 bits per heavy atom. The van der Waals surface area contributed by atoms with Gasteiger partial charge in [-0.25, -0.2) is 5.01 Å². The fourth-order valence-electron chi connectivity index (χ4n) is 3.09. The zero-order valence-corrected chi connectivity index (χ0v) is 18.7. The lowest BCUT2D eigenvalue weighted by Gasteiger charge is -2.37. The van der Waals surface area contributed by atoms with Gasteiger partial charge in [0.25, 0.3) is 5.91 Å². The molecule has 2 heterocycles. The van der Waals surface area contributed by atoms with E-state index in [0.717, 1.165) is 5.01 Å². The van der Waals surface area contributed by atoms with E-state index in [1.54, 1.807) is 36.4 Å². The van der Waals surface area contributed by atoms with Gasteiger partial charge in [-0.3, -0.25) is 15.0 Å². The Morgan fingerprint density at radius 3 is 2.70 bits per heavy atom. The number of amides is 2. The Labute approximate surface area is 188 Å². The van der Waals surface area contributed by atoms with Crippen LogP contribution >= 0.6 is 31.9 Å². The fourth-order valence-corrected chi connectivity index (χ4v) is 3.76. The summed E-state index contributed by atoms with van der Waals surface area (Å²) in [5, 5.41) is 14.8. The fraction of sp³-hybridized carbons (Fsp3) is 0.100. The van der Waals surface area contributed by atoms with Crippen molar-refractivity contribution in [2.45, 2.75) is 6.17 Å². The van der Waals surface area contributed by atoms with Crippen LogP contribution < -0.4 is 15.5 Å². The van der Waals surface area contributed by atoms with E-state index in [9.17, 15) is 14.7 Å². The number of fused-ring (bicyclic) bond motifs is 1. The summed E-state index contributed by atoms with van der Waals surface area (Å²) in [4.78, 5) is 26.0. The standard InChI is InChI=1S/C20H15Br2N3O5/c1-29-11-3-5-15(26)13(9-11)18-23-14-4-2-10(21)8-12(14)20(28)25(18)24-19(27)16-6-7-17(22)30-16/h2-9,18,23,26H,1H3,(H,24,27)/t18-/m1/s1. The SMILES string of the molecule is COc1ccc(O)c([C@@H]2Nc3ccc(Br)cc3C(=O)N2NC(=O)c2ccc(Br)o2)c1. The van der Waals surface area contributed by atoms with Crippen LogP contribution in [0, 0.1) is 0 Å². The number of phenolic OH excluding ortho intramolecular Hbond substituents is 1. The maximum atomic E-state index is 13.3. The van der Waals surface area contributed by atoms with Crippen LogP contribution in [0.15, 0.2) is 62.1 Å². The summed E-state index contributed by atoms with van der Waals surface area (Å²) in [5.41, 5.74) is 3.83. The molecule has 4 rings (SSSR count). The van der Waals surface area contributed by atoms with Crippen molar-refractivity contribution >= 4 is 49.4 Å². The van der Waals surface area contributed by atoms with Gasteiger partial charge < -0.3 is 19.6 Å². The number of rotatable bonds is 4. The Bertz CT molecular complexity index is 1150. The molecular weight excluding hydrogens is 522 g/mol. The van der Waals surface area contributed by atoms with E-state index >= 15 is 0 Å². The summed E-state index contributed by atoms with van der Waals surface area (Å²) in [6, 6.07) is 12.9. The number of hydrazine groups is 1. The third kappa shape index (κ3) is 3.75. The van der Waals surface area contributed by atoms with Crippen LogP contribution in [0.4, 0.5) is 5.69 Å². The second kappa shape index (κ2) is 8.04. The zero-order valence-electron chi connectivity index (χ0n) is 15.5. The van der Waals surface area contributed by atoms with Gasteiger partial charge in [0.1, 0.15) is 11.5 Å². The predicted molar refractivity (Wildman–Crippen MR) is 115 cm³/mol. The number of benzene rings is 2. The first-order valence-corrected chi connectivity index (χ1v) is 10.3. The number of nitrogens with zero attached hydrogens (tertiary/aromatic N) is 1. The van der Waals surface area contributed by atoms with E-state index < -0.39 is 18.0 Å². The van der Waals surface area contributed by atoms with Crippen LogP contribution in [-0.2, 0) is 0 Å². The molecule has 2 aromatic carbocycles. The summed E-state index contributed by atoms with van der Waals surface area (Å²) in [5.74, 6) is -0.650. The Balaban J connectivity index is 1.78. The molecular formula is C20H15Br2N3O5. The van der Waals surface area contributed by atoms with Crippen molar-refractivity contribution in [3.63, 3.8) is 0 Å². The minimum atomic E-state index is -0.899. The molecule has 8 nitrogen and oxygen atoms in total. The molecule has 0 aliphatic carbocycles. The van der Waals surface area contributed by atoms with E-state index in [4.69, 9.17) is 9.15 Å². The van der Waals surface area contributed by atoms with Gasteiger partial charge in [-0.2, -0.15) is 0 Å². The minimum Gasteiger partial charge on any atom is -0.508 e. The van der Waals surface area contributed by atoms with Crippen molar-refractivity contribution in [2.24, 2.45) is 0 Å². The van der Waals surface area contributed by atoms with E-state index in [2.05, 4.69) is 42.6 Å². The number of ether oxygens (including phenoxy) is 1. The van der Waals surface area contributed by atoms with Crippen LogP contribution in [-0.4, -0.2) is 29.0 Å². The third-order valence-electron chi connectivity index (χ3n) is 4.53. The number of carbonyl (C=O) groups excluding carboxylic acids is 2. The highest BCUT2D eigenvalue weighted by molar-refractivity contribution is 9.10. The number of phenols is 1. The molecule has 3 N–H and O–H groups in total. The number of halogens is 2. The summed E-state index contributed by atoms with van der Waals surface area (Å²) in [6.45, 7) is 0. The molecule has 30 heavy (non-hydrogen) atoms. The van der Waals surface area contributed by atoms with E-state index in [0.29, 0.717) is 31.7 Å². The average Bonchev–Trinajstić information content (AvgIpc) is 3.17. The molecule has 0 radical (unpaired) electrons. The zero-order chi connectivity index (χ0) is 21.4. The summed E-state index contributed by atoms with van der Waals surface area (Å²) in [7, 11) is 1.50. The van der Waals surface area contributed by atoms with Crippen molar-refractivity contribution in [1.82, 2.24) is 10.4 Å². The van der Waals surface area contributed by atoms with Crippen LogP contribution in [0.25, 0.3) is 0 Å². The van der Waals surface area contributed by atoms with Crippen molar-refractivity contribution in [3.8, 4) is 11.5 Å². The molecule has 3 aromatic rings. The quantitative estimate of drug-likeness (QED) is 0.455. The van der Waals surface area contributed by atoms with Crippen LogP contribution in [0.5, 0.6) is 11.5 Å². The lowest BCUT2D eigenvalue weighted by atomic mass is 10.0. The van der Waals surface area contributed by atoms with E-state index in [-0.39, 0.29) is 11.5 Å². The molecule has 0 bridgehead atoms. The van der Waals surface area contributed by atoms with E-state index in [1.807, 2.05) is 0 Å². The normalized spacial score (nSPS) is 15.4. The first kappa shape index (κ1) is 20.3. The highest BCUT2D eigenvalue weighted by Gasteiger charge is 2.36.